The largest absolute Gasteiger partial charge is 0.492 e. The number of urea groups is 1. The minimum atomic E-state index is -0.633. The second kappa shape index (κ2) is 13.8. The highest BCUT2D eigenvalue weighted by molar-refractivity contribution is 5.99. The van der Waals surface area contributed by atoms with Crippen LogP contribution in [0.15, 0.2) is 48.5 Å². The fraction of sp³-hybridized carbons (Fsp3) is 0.433. The van der Waals surface area contributed by atoms with Crippen LogP contribution in [0, 0.1) is 0 Å². The number of benzene rings is 2. The number of ether oxygens (including phenoxy) is 5. The molecule has 2 aromatic carbocycles. The van der Waals surface area contributed by atoms with E-state index in [0.29, 0.717) is 74.0 Å². The van der Waals surface area contributed by atoms with Crippen molar-refractivity contribution < 1.29 is 28.5 Å². The molecule has 0 bridgehead atoms. The van der Waals surface area contributed by atoms with Gasteiger partial charge in [-0.25, -0.2) is 14.8 Å². The molecule has 2 aliphatic rings. The number of nitrogens with one attached hydrogen (secondary N) is 2. The normalized spacial score (nSPS) is 18.4. The highest BCUT2D eigenvalue weighted by Gasteiger charge is 2.36. The molecule has 2 amide bonds. The van der Waals surface area contributed by atoms with Crippen LogP contribution < -0.4 is 25.0 Å². The number of rotatable bonds is 11. The van der Waals surface area contributed by atoms with Crippen molar-refractivity contribution in [2.24, 2.45) is 0 Å². The molecule has 2 N–H and O–H groups in total. The van der Waals surface area contributed by atoms with E-state index in [1.165, 1.54) is 0 Å². The molecule has 3 aromatic rings. The van der Waals surface area contributed by atoms with Gasteiger partial charge in [0.05, 0.1) is 19.8 Å². The van der Waals surface area contributed by atoms with E-state index in [1.54, 1.807) is 12.1 Å². The molecule has 2 aliphatic heterocycles. The van der Waals surface area contributed by atoms with Gasteiger partial charge in [-0.15, -0.1) is 0 Å². The summed E-state index contributed by atoms with van der Waals surface area (Å²) in [5, 5.41) is 5.70. The van der Waals surface area contributed by atoms with Crippen LogP contribution in [0.3, 0.4) is 0 Å². The van der Waals surface area contributed by atoms with E-state index in [1.807, 2.05) is 64.3 Å². The summed E-state index contributed by atoms with van der Waals surface area (Å²) in [6.45, 7) is 8.19. The van der Waals surface area contributed by atoms with Crippen molar-refractivity contribution in [1.82, 2.24) is 14.9 Å². The number of amides is 2. The first-order valence-corrected chi connectivity index (χ1v) is 14.1. The summed E-state index contributed by atoms with van der Waals surface area (Å²) >= 11 is 0. The van der Waals surface area contributed by atoms with Crippen LogP contribution in [0.2, 0.25) is 0 Å². The van der Waals surface area contributed by atoms with Gasteiger partial charge in [-0.1, -0.05) is 0 Å². The van der Waals surface area contributed by atoms with Crippen molar-refractivity contribution in [2.45, 2.75) is 26.4 Å². The van der Waals surface area contributed by atoms with E-state index in [-0.39, 0.29) is 12.3 Å². The quantitative estimate of drug-likeness (QED) is 0.340. The van der Waals surface area contributed by atoms with Crippen molar-refractivity contribution in [3.63, 3.8) is 0 Å². The Morgan fingerprint density at radius 2 is 1.62 bits per heavy atom. The van der Waals surface area contributed by atoms with E-state index in [0.717, 1.165) is 17.9 Å². The van der Waals surface area contributed by atoms with Crippen LogP contribution >= 0.6 is 0 Å². The molecule has 2 fully saturated rings. The first kappa shape index (κ1) is 29.5. The smallest absolute Gasteiger partial charge is 0.323 e. The molecular formula is C30H38N6O6. The summed E-state index contributed by atoms with van der Waals surface area (Å²) in [6.07, 6.45) is -0.947. The lowest BCUT2D eigenvalue weighted by Gasteiger charge is -2.35. The predicted octanol–water partition coefficient (Wildman–Crippen LogP) is 4.35. The highest BCUT2D eigenvalue weighted by Crippen LogP contribution is 2.41. The molecular weight excluding hydrogens is 540 g/mol. The molecule has 42 heavy (non-hydrogen) atoms. The van der Waals surface area contributed by atoms with Gasteiger partial charge in [0.25, 0.3) is 0 Å². The second-order valence-electron chi connectivity index (χ2n) is 10.1. The Hall–Kier alpha value is -3.97. The van der Waals surface area contributed by atoms with E-state index in [9.17, 15) is 4.79 Å². The van der Waals surface area contributed by atoms with Crippen LogP contribution in [-0.4, -0.2) is 87.3 Å². The molecule has 3 heterocycles. The highest BCUT2D eigenvalue weighted by atomic mass is 16.9. The van der Waals surface area contributed by atoms with Crippen LogP contribution in [-0.2, 0) is 14.2 Å². The van der Waals surface area contributed by atoms with Crippen LogP contribution in [0.5, 0.6) is 11.5 Å². The fourth-order valence-corrected chi connectivity index (χ4v) is 4.48. The van der Waals surface area contributed by atoms with E-state index in [4.69, 9.17) is 33.7 Å². The minimum absolute atomic E-state index is 0.314. The molecule has 5 rings (SSSR count). The lowest BCUT2D eigenvalue weighted by molar-refractivity contribution is -0.384. The minimum Gasteiger partial charge on any atom is -0.492 e. The second-order valence-corrected chi connectivity index (χ2v) is 10.1. The molecule has 2 saturated heterocycles. The van der Waals surface area contributed by atoms with Crippen molar-refractivity contribution in [3.05, 3.63) is 54.2 Å². The number of hydrogen-bond donors (Lipinski definition) is 2. The van der Waals surface area contributed by atoms with Crippen molar-refractivity contribution >= 4 is 23.2 Å². The third kappa shape index (κ3) is 7.45. The maximum atomic E-state index is 12.6. The van der Waals surface area contributed by atoms with Gasteiger partial charge in [-0.3, -0.25) is 0 Å². The van der Waals surface area contributed by atoms with Gasteiger partial charge in [0.1, 0.15) is 18.1 Å². The van der Waals surface area contributed by atoms with Crippen molar-refractivity contribution in [2.75, 3.05) is 75.7 Å². The van der Waals surface area contributed by atoms with Gasteiger partial charge in [0.15, 0.2) is 23.7 Å². The van der Waals surface area contributed by atoms with Gasteiger partial charge in [-0.2, -0.15) is 0 Å². The summed E-state index contributed by atoms with van der Waals surface area (Å²) in [5.74, 6) is 2.50. The third-order valence-electron chi connectivity index (χ3n) is 6.65. The standard InChI is InChI=1S/C30H38N6O6/c1-5-39-26-25(29-41-20(2)42-29)33-27(34-28(26)36-15-17-38-18-16-36)21-6-8-22(9-7-21)31-30(37)32-23-10-12-24(13-11-23)40-19-14-35(3)4/h6-13,20,29H,5,14-19H2,1-4H3,(H2,31,32,37). The number of hydrogen-bond acceptors (Lipinski definition) is 10. The van der Waals surface area contributed by atoms with Gasteiger partial charge in [0.2, 0.25) is 6.29 Å². The maximum Gasteiger partial charge on any atom is 0.323 e. The van der Waals surface area contributed by atoms with Crippen LogP contribution in [0.1, 0.15) is 25.8 Å². The molecule has 0 spiro atoms. The number of anilines is 3. The molecule has 1 aromatic heterocycles. The molecule has 0 saturated carbocycles. The number of carbonyl (C=O) groups excluding carboxylic acids is 1. The number of carbonyl (C=O) groups is 1. The average Bonchev–Trinajstić information content (AvgIpc) is 2.97. The first-order chi connectivity index (χ1) is 20.4. The summed E-state index contributed by atoms with van der Waals surface area (Å²) in [7, 11) is 3.99. The Bertz CT molecular complexity index is 1330. The molecule has 0 radical (unpaired) electrons. The summed E-state index contributed by atoms with van der Waals surface area (Å²) < 4.78 is 28.9. The van der Waals surface area contributed by atoms with Crippen LogP contribution in [0.25, 0.3) is 11.4 Å². The Morgan fingerprint density at radius 1 is 0.976 bits per heavy atom. The molecule has 0 unspecified atom stereocenters. The SMILES string of the molecule is CCOc1c(C2OC(C)O2)nc(-c2ccc(NC(=O)Nc3ccc(OCCN(C)C)cc3)cc2)nc1N1CCOCC1. The van der Waals surface area contributed by atoms with Gasteiger partial charge >= 0.3 is 6.03 Å². The Kier molecular flexibility index (Phi) is 9.70. The molecule has 224 valence electrons. The predicted molar refractivity (Wildman–Crippen MR) is 159 cm³/mol. The van der Waals surface area contributed by atoms with Crippen LogP contribution in [0.4, 0.5) is 22.0 Å². The van der Waals surface area contributed by atoms with E-state index in [2.05, 4.69) is 20.4 Å². The topological polar surface area (TPSA) is 120 Å². The zero-order chi connectivity index (χ0) is 29.5. The monoisotopic (exact) mass is 578 g/mol. The summed E-state index contributed by atoms with van der Waals surface area (Å²) in [5.41, 5.74) is 2.61. The lowest BCUT2D eigenvalue weighted by Crippen LogP contribution is -2.38. The number of morpholine rings is 1. The first-order valence-electron chi connectivity index (χ1n) is 14.1. The maximum absolute atomic E-state index is 12.6. The Balaban J connectivity index is 1.28. The molecule has 0 atom stereocenters. The third-order valence-corrected chi connectivity index (χ3v) is 6.65. The molecule has 0 aliphatic carbocycles. The van der Waals surface area contributed by atoms with Gasteiger partial charge in [0, 0.05) is 36.6 Å². The zero-order valence-electron chi connectivity index (χ0n) is 24.5. The number of aromatic nitrogens is 2. The zero-order valence-corrected chi connectivity index (χ0v) is 24.5. The summed E-state index contributed by atoms with van der Waals surface area (Å²) in [4.78, 5) is 26.5. The van der Waals surface area contributed by atoms with Gasteiger partial charge in [-0.05, 0) is 76.5 Å². The number of nitrogens with zero attached hydrogens (tertiary/aromatic N) is 4. The van der Waals surface area contributed by atoms with Gasteiger partial charge < -0.3 is 44.1 Å². The van der Waals surface area contributed by atoms with E-state index >= 15 is 0 Å². The Morgan fingerprint density at radius 3 is 2.21 bits per heavy atom. The number of likely N-dealkylation sites (N-methyl/N-ethyl adjacent to an activating group) is 1. The Labute approximate surface area is 245 Å². The van der Waals surface area contributed by atoms with E-state index < -0.39 is 6.29 Å². The van der Waals surface area contributed by atoms with Crippen molar-refractivity contribution in [1.29, 1.82) is 0 Å². The van der Waals surface area contributed by atoms with Crippen molar-refractivity contribution in [3.8, 4) is 22.9 Å². The average molecular weight is 579 g/mol. The molecule has 12 heteroatoms. The molecule has 12 nitrogen and oxygen atoms in total. The lowest BCUT2D eigenvalue weighted by atomic mass is 10.1. The fourth-order valence-electron chi connectivity index (χ4n) is 4.48. The summed E-state index contributed by atoms with van der Waals surface area (Å²) in [6, 6.07) is 14.3.